The van der Waals surface area contributed by atoms with Crippen molar-refractivity contribution in [2.75, 3.05) is 6.54 Å². The number of nitrogens with zero attached hydrogens (tertiary/aromatic N) is 2. The summed E-state index contributed by atoms with van der Waals surface area (Å²) in [4.78, 5) is 25.8. The Balaban J connectivity index is 2.50. The summed E-state index contributed by atoms with van der Waals surface area (Å²) in [6.45, 7) is 2.84. The molecule has 0 radical (unpaired) electrons. The van der Waals surface area contributed by atoms with E-state index in [0.717, 1.165) is 0 Å². The Morgan fingerprint density at radius 1 is 1.64 bits per heavy atom. The molecule has 1 heterocycles. The third-order valence-electron chi connectivity index (χ3n) is 1.74. The molecule has 0 saturated heterocycles. The highest BCUT2D eigenvalue weighted by Gasteiger charge is 2.00. The van der Waals surface area contributed by atoms with Gasteiger partial charge in [-0.05, 0) is 13.0 Å². The van der Waals surface area contributed by atoms with E-state index in [1.807, 2.05) is 6.92 Å². The van der Waals surface area contributed by atoms with Gasteiger partial charge < -0.3 is 5.32 Å². The van der Waals surface area contributed by atoms with Crippen LogP contribution in [0.25, 0.3) is 0 Å². The average Bonchev–Trinajstić information content (AvgIpc) is 2.17. The highest BCUT2D eigenvalue weighted by molar-refractivity contribution is 5.75. The lowest BCUT2D eigenvalue weighted by Crippen LogP contribution is -2.27. The van der Waals surface area contributed by atoms with E-state index >= 15 is 0 Å². The number of hydrogen-bond acceptors (Lipinski definition) is 3. The smallest absolute Gasteiger partial charge is 0.347 e. The van der Waals surface area contributed by atoms with Crippen LogP contribution in [0, 0.1) is 0 Å². The van der Waals surface area contributed by atoms with E-state index in [1.54, 1.807) is 12.3 Å². The van der Waals surface area contributed by atoms with Gasteiger partial charge in [-0.25, -0.2) is 9.78 Å². The maximum absolute atomic E-state index is 11.1. The molecule has 0 aromatic carbocycles. The fourth-order valence-corrected chi connectivity index (χ4v) is 1.06. The molecule has 0 atom stereocenters. The summed E-state index contributed by atoms with van der Waals surface area (Å²) < 4.78 is 1.41. The largest absolute Gasteiger partial charge is 0.356 e. The summed E-state index contributed by atoms with van der Waals surface area (Å²) in [5.74, 6) is -0.0525. The first kappa shape index (κ1) is 10.4. The molecule has 0 saturated carbocycles. The van der Waals surface area contributed by atoms with Crippen molar-refractivity contribution in [2.45, 2.75) is 19.9 Å². The van der Waals surface area contributed by atoms with Crippen molar-refractivity contribution in [2.24, 2.45) is 0 Å². The van der Waals surface area contributed by atoms with Gasteiger partial charge in [-0.1, -0.05) is 0 Å². The highest BCUT2D eigenvalue weighted by atomic mass is 16.2. The molecule has 0 aliphatic heterocycles. The molecule has 1 aromatic rings. The van der Waals surface area contributed by atoms with Crippen molar-refractivity contribution < 1.29 is 4.79 Å². The fourth-order valence-electron chi connectivity index (χ4n) is 1.06. The molecule has 0 aliphatic carbocycles. The molecule has 1 N–H and O–H groups in total. The molecule has 0 aliphatic rings. The van der Waals surface area contributed by atoms with Crippen LogP contribution in [-0.4, -0.2) is 22.0 Å². The molecule has 14 heavy (non-hydrogen) atoms. The van der Waals surface area contributed by atoms with Crippen LogP contribution in [0.3, 0.4) is 0 Å². The van der Waals surface area contributed by atoms with Gasteiger partial charge in [-0.2, -0.15) is 0 Å². The van der Waals surface area contributed by atoms with Crippen LogP contribution in [-0.2, 0) is 11.3 Å². The Kier molecular flexibility index (Phi) is 3.84. The molecular formula is C9H13N3O2. The molecule has 0 unspecified atom stereocenters. The Morgan fingerprint density at radius 2 is 2.43 bits per heavy atom. The van der Waals surface area contributed by atoms with E-state index in [9.17, 15) is 9.59 Å². The van der Waals surface area contributed by atoms with Crippen molar-refractivity contribution in [1.82, 2.24) is 14.9 Å². The van der Waals surface area contributed by atoms with Crippen LogP contribution < -0.4 is 11.0 Å². The number of amides is 1. The first-order chi connectivity index (χ1) is 6.74. The lowest BCUT2D eigenvalue weighted by Gasteiger charge is -2.03. The van der Waals surface area contributed by atoms with E-state index in [4.69, 9.17) is 0 Å². The van der Waals surface area contributed by atoms with Crippen molar-refractivity contribution in [3.8, 4) is 0 Å². The lowest BCUT2D eigenvalue weighted by atomic mass is 10.4. The lowest BCUT2D eigenvalue weighted by molar-refractivity contribution is -0.121. The minimum absolute atomic E-state index is 0.0525. The van der Waals surface area contributed by atoms with Crippen molar-refractivity contribution >= 4 is 5.91 Å². The van der Waals surface area contributed by atoms with Crippen LogP contribution in [0.4, 0.5) is 0 Å². The van der Waals surface area contributed by atoms with E-state index in [1.165, 1.54) is 10.8 Å². The molecule has 1 rings (SSSR count). The molecule has 5 heteroatoms. The second-order valence-electron chi connectivity index (χ2n) is 2.80. The van der Waals surface area contributed by atoms with Gasteiger partial charge in [0.2, 0.25) is 5.91 Å². The van der Waals surface area contributed by atoms with E-state index in [2.05, 4.69) is 10.3 Å². The topological polar surface area (TPSA) is 64.0 Å². The monoisotopic (exact) mass is 195 g/mol. The first-order valence-corrected chi connectivity index (χ1v) is 4.52. The molecule has 0 bridgehead atoms. The standard InChI is InChI=1S/C9H13N3O2/c1-2-10-8(13)4-7-12-6-3-5-11-9(12)14/h3,5-6H,2,4,7H2,1H3,(H,10,13). The number of carbonyl (C=O) groups excluding carboxylic acids is 1. The number of aryl methyl sites for hydroxylation is 1. The molecule has 0 fully saturated rings. The molecule has 1 amide bonds. The number of hydrogen-bond donors (Lipinski definition) is 1. The second-order valence-corrected chi connectivity index (χ2v) is 2.80. The van der Waals surface area contributed by atoms with E-state index in [-0.39, 0.29) is 11.6 Å². The summed E-state index contributed by atoms with van der Waals surface area (Å²) in [5, 5.41) is 2.66. The van der Waals surface area contributed by atoms with Crippen LogP contribution in [0.2, 0.25) is 0 Å². The van der Waals surface area contributed by atoms with E-state index < -0.39 is 0 Å². The normalized spacial score (nSPS) is 9.79. The van der Waals surface area contributed by atoms with Crippen LogP contribution >= 0.6 is 0 Å². The van der Waals surface area contributed by atoms with Crippen LogP contribution in [0.1, 0.15) is 13.3 Å². The Morgan fingerprint density at radius 3 is 3.07 bits per heavy atom. The van der Waals surface area contributed by atoms with Gasteiger partial charge >= 0.3 is 5.69 Å². The van der Waals surface area contributed by atoms with Gasteiger partial charge in [0.05, 0.1) is 0 Å². The minimum Gasteiger partial charge on any atom is -0.356 e. The number of aromatic nitrogens is 2. The van der Waals surface area contributed by atoms with Gasteiger partial charge in [0.15, 0.2) is 0 Å². The molecule has 1 aromatic heterocycles. The third-order valence-corrected chi connectivity index (χ3v) is 1.74. The zero-order valence-corrected chi connectivity index (χ0v) is 8.06. The predicted molar refractivity (Wildman–Crippen MR) is 51.8 cm³/mol. The van der Waals surface area contributed by atoms with Crippen molar-refractivity contribution in [3.05, 3.63) is 28.9 Å². The third kappa shape index (κ3) is 3.01. The maximum Gasteiger partial charge on any atom is 0.347 e. The van der Waals surface area contributed by atoms with Gasteiger partial charge in [0, 0.05) is 31.9 Å². The van der Waals surface area contributed by atoms with Gasteiger partial charge in [-0.3, -0.25) is 9.36 Å². The number of carbonyl (C=O) groups is 1. The summed E-state index contributed by atoms with van der Waals surface area (Å²) >= 11 is 0. The van der Waals surface area contributed by atoms with Crippen molar-refractivity contribution in [1.29, 1.82) is 0 Å². The molecular weight excluding hydrogens is 182 g/mol. The molecule has 0 spiro atoms. The second kappa shape index (κ2) is 5.16. The first-order valence-electron chi connectivity index (χ1n) is 4.52. The fraction of sp³-hybridized carbons (Fsp3) is 0.444. The quantitative estimate of drug-likeness (QED) is 0.721. The minimum atomic E-state index is -0.322. The number of nitrogens with one attached hydrogen (secondary N) is 1. The number of rotatable bonds is 4. The predicted octanol–water partition coefficient (Wildman–Crippen LogP) is -0.231. The highest BCUT2D eigenvalue weighted by Crippen LogP contribution is 1.86. The summed E-state index contributed by atoms with van der Waals surface area (Å²) in [7, 11) is 0. The zero-order chi connectivity index (χ0) is 10.4. The Labute approximate surface area is 81.8 Å². The average molecular weight is 195 g/mol. The summed E-state index contributed by atoms with van der Waals surface area (Å²) in [6, 6.07) is 1.67. The van der Waals surface area contributed by atoms with Gasteiger partial charge in [-0.15, -0.1) is 0 Å². The van der Waals surface area contributed by atoms with Gasteiger partial charge in [0.25, 0.3) is 0 Å². The van der Waals surface area contributed by atoms with Crippen molar-refractivity contribution in [3.63, 3.8) is 0 Å². The SMILES string of the molecule is CCNC(=O)CCn1cccnc1=O. The maximum atomic E-state index is 11.1. The van der Waals surface area contributed by atoms with Crippen LogP contribution in [0.15, 0.2) is 23.3 Å². The van der Waals surface area contributed by atoms with E-state index in [0.29, 0.717) is 19.5 Å². The Bertz CT molecular complexity index is 359. The molecule has 76 valence electrons. The Hall–Kier alpha value is -1.65. The summed E-state index contributed by atoms with van der Waals surface area (Å²) in [5.41, 5.74) is -0.322. The zero-order valence-electron chi connectivity index (χ0n) is 8.06. The van der Waals surface area contributed by atoms with Crippen LogP contribution in [0.5, 0.6) is 0 Å². The summed E-state index contributed by atoms with van der Waals surface area (Å²) in [6.07, 6.45) is 3.36. The van der Waals surface area contributed by atoms with Gasteiger partial charge in [0.1, 0.15) is 0 Å². The molecule has 5 nitrogen and oxygen atoms in total.